The number of para-hydroxylation sites is 2. The van der Waals surface area contributed by atoms with Crippen LogP contribution in [0.2, 0.25) is 0 Å². The van der Waals surface area contributed by atoms with E-state index in [9.17, 15) is 0 Å². The van der Waals surface area contributed by atoms with Crippen LogP contribution in [0.25, 0.3) is 21.8 Å². The molecule has 0 bridgehead atoms. The molecule has 0 atom stereocenters. The number of aliphatic imine (C=N–C) groups is 1. The fraction of sp³-hybridized carbons (Fsp3) is 0. The van der Waals surface area contributed by atoms with Crippen molar-refractivity contribution < 1.29 is 0 Å². The average molecular weight is 312 g/mol. The lowest BCUT2D eigenvalue weighted by Gasteiger charge is -2.07. The zero-order valence-electron chi connectivity index (χ0n) is 13.0. The van der Waals surface area contributed by atoms with Gasteiger partial charge in [0.25, 0.3) is 0 Å². The number of nitrogens with one attached hydrogen (secondary N) is 1. The molecule has 24 heavy (non-hydrogen) atoms. The largest absolute Gasteiger partial charge is 0.369 e. The smallest absolute Gasteiger partial charge is 0.207 e. The molecule has 4 nitrogen and oxygen atoms in total. The SMILES string of the molecule is N=C(/N=C(\N)n1c2ccccc2c2ccccc21)c1ccccc1. The average Bonchev–Trinajstić information content (AvgIpc) is 2.97. The number of nitrogens with zero attached hydrogens (tertiary/aromatic N) is 2. The number of amidine groups is 1. The lowest BCUT2D eigenvalue weighted by molar-refractivity contribution is 1.22. The Morgan fingerprint density at radius 1 is 0.750 bits per heavy atom. The fourth-order valence-electron chi connectivity index (χ4n) is 2.99. The Bertz CT molecular complexity index is 1020. The molecule has 0 amide bonds. The van der Waals surface area contributed by atoms with Crippen molar-refractivity contribution in [1.29, 1.82) is 5.41 Å². The highest BCUT2D eigenvalue weighted by atomic mass is 15.2. The molecule has 0 fully saturated rings. The summed E-state index contributed by atoms with van der Waals surface area (Å²) in [6.07, 6.45) is 0. The summed E-state index contributed by atoms with van der Waals surface area (Å²) in [7, 11) is 0. The van der Waals surface area contributed by atoms with Crippen LogP contribution < -0.4 is 5.73 Å². The summed E-state index contributed by atoms with van der Waals surface area (Å²) in [6, 6.07) is 25.6. The topological polar surface area (TPSA) is 67.2 Å². The molecule has 0 aliphatic carbocycles. The normalized spacial score (nSPS) is 11.9. The lowest BCUT2D eigenvalue weighted by Crippen LogP contribution is -2.23. The van der Waals surface area contributed by atoms with Crippen LogP contribution in [0.15, 0.2) is 83.9 Å². The zero-order valence-corrected chi connectivity index (χ0v) is 13.0. The molecule has 3 aromatic carbocycles. The summed E-state index contributed by atoms with van der Waals surface area (Å²) in [5, 5.41) is 10.4. The Labute approximate surface area is 139 Å². The second-order valence-corrected chi connectivity index (χ2v) is 5.55. The van der Waals surface area contributed by atoms with Gasteiger partial charge in [-0.3, -0.25) is 9.98 Å². The van der Waals surface area contributed by atoms with Gasteiger partial charge in [-0.1, -0.05) is 66.7 Å². The van der Waals surface area contributed by atoms with Crippen LogP contribution in [-0.4, -0.2) is 16.4 Å². The van der Waals surface area contributed by atoms with Crippen LogP contribution >= 0.6 is 0 Å². The molecule has 3 N–H and O–H groups in total. The van der Waals surface area contributed by atoms with Crippen molar-refractivity contribution in [1.82, 2.24) is 4.57 Å². The molecule has 116 valence electrons. The molecule has 1 heterocycles. The third-order valence-corrected chi connectivity index (χ3v) is 4.08. The van der Waals surface area contributed by atoms with Crippen LogP contribution in [0.3, 0.4) is 0 Å². The third kappa shape index (κ3) is 2.25. The summed E-state index contributed by atoms with van der Waals surface area (Å²) < 4.78 is 1.90. The van der Waals surface area contributed by atoms with Gasteiger partial charge in [0.2, 0.25) is 5.96 Å². The maximum atomic E-state index is 8.20. The first-order chi connectivity index (χ1) is 11.8. The third-order valence-electron chi connectivity index (χ3n) is 4.08. The first-order valence-electron chi connectivity index (χ1n) is 7.72. The summed E-state index contributed by atoms with van der Waals surface area (Å²) in [5.74, 6) is 0.441. The zero-order chi connectivity index (χ0) is 16.5. The Morgan fingerprint density at radius 3 is 1.83 bits per heavy atom. The van der Waals surface area contributed by atoms with E-state index in [4.69, 9.17) is 11.1 Å². The summed E-state index contributed by atoms with van der Waals surface area (Å²) in [4.78, 5) is 4.33. The van der Waals surface area contributed by atoms with Crippen molar-refractivity contribution >= 4 is 33.6 Å². The van der Waals surface area contributed by atoms with E-state index in [2.05, 4.69) is 17.1 Å². The maximum absolute atomic E-state index is 8.20. The van der Waals surface area contributed by atoms with Gasteiger partial charge >= 0.3 is 0 Å². The monoisotopic (exact) mass is 312 g/mol. The molecule has 0 saturated heterocycles. The van der Waals surface area contributed by atoms with Crippen molar-refractivity contribution in [3.05, 3.63) is 84.4 Å². The van der Waals surface area contributed by atoms with E-state index in [1.54, 1.807) is 0 Å². The van der Waals surface area contributed by atoms with Gasteiger partial charge in [-0.15, -0.1) is 0 Å². The Balaban J connectivity index is 1.92. The van der Waals surface area contributed by atoms with Gasteiger partial charge in [0.15, 0.2) is 5.84 Å². The second kappa shape index (κ2) is 5.66. The standard InChI is InChI=1S/C20H16N4/c21-19(14-8-2-1-3-9-14)23-20(22)24-17-12-6-4-10-15(17)16-11-5-7-13-18(16)24/h1-13H,(H3,21,22,23). The highest BCUT2D eigenvalue weighted by molar-refractivity contribution is 6.15. The van der Waals surface area contributed by atoms with Gasteiger partial charge in [-0.05, 0) is 12.1 Å². The first kappa shape index (κ1) is 14.2. The van der Waals surface area contributed by atoms with Gasteiger partial charge in [0, 0.05) is 16.3 Å². The van der Waals surface area contributed by atoms with Crippen LogP contribution in [0.5, 0.6) is 0 Å². The summed E-state index contributed by atoms with van der Waals surface area (Å²) in [6.45, 7) is 0. The number of fused-ring (bicyclic) bond motifs is 3. The van der Waals surface area contributed by atoms with E-state index in [1.807, 2.05) is 71.3 Å². The molecule has 0 unspecified atom stereocenters. The van der Waals surface area contributed by atoms with E-state index in [0.717, 1.165) is 27.4 Å². The van der Waals surface area contributed by atoms with Crippen molar-refractivity contribution in [2.24, 2.45) is 10.7 Å². The molecule has 4 heteroatoms. The minimum Gasteiger partial charge on any atom is -0.369 e. The van der Waals surface area contributed by atoms with Crippen LogP contribution in [-0.2, 0) is 0 Å². The highest BCUT2D eigenvalue weighted by Gasteiger charge is 2.12. The quantitative estimate of drug-likeness (QED) is 0.405. The van der Waals surface area contributed by atoms with E-state index < -0.39 is 0 Å². The molecule has 0 radical (unpaired) electrons. The number of rotatable bonds is 1. The number of benzene rings is 3. The summed E-state index contributed by atoms with van der Waals surface area (Å²) in [5.41, 5.74) is 8.99. The number of nitrogens with two attached hydrogens (primary N) is 1. The van der Waals surface area contributed by atoms with Crippen molar-refractivity contribution in [3.8, 4) is 0 Å². The van der Waals surface area contributed by atoms with E-state index in [-0.39, 0.29) is 5.84 Å². The van der Waals surface area contributed by atoms with Gasteiger partial charge in [-0.2, -0.15) is 4.99 Å². The van der Waals surface area contributed by atoms with Crippen LogP contribution in [0.4, 0.5) is 0 Å². The molecule has 1 aromatic heterocycles. The molecule has 0 aliphatic heterocycles. The predicted octanol–water partition coefficient (Wildman–Crippen LogP) is 3.98. The van der Waals surface area contributed by atoms with Crippen LogP contribution in [0, 0.1) is 5.41 Å². The molecular formula is C20H16N4. The molecule has 0 aliphatic rings. The fourth-order valence-corrected chi connectivity index (χ4v) is 2.99. The number of hydrogen-bond acceptors (Lipinski definition) is 1. The van der Waals surface area contributed by atoms with Gasteiger partial charge in [0.05, 0.1) is 11.0 Å². The molecule has 0 spiro atoms. The second-order valence-electron chi connectivity index (χ2n) is 5.55. The predicted molar refractivity (Wildman–Crippen MR) is 99.7 cm³/mol. The summed E-state index contributed by atoms with van der Waals surface area (Å²) >= 11 is 0. The number of aromatic nitrogens is 1. The number of hydrogen-bond donors (Lipinski definition) is 2. The van der Waals surface area contributed by atoms with Crippen molar-refractivity contribution in [2.45, 2.75) is 0 Å². The molecular weight excluding hydrogens is 296 g/mol. The minimum absolute atomic E-state index is 0.148. The first-order valence-corrected chi connectivity index (χ1v) is 7.72. The van der Waals surface area contributed by atoms with E-state index in [0.29, 0.717) is 5.96 Å². The molecule has 4 aromatic rings. The van der Waals surface area contributed by atoms with Gasteiger partial charge in [0.1, 0.15) is 0 Å². The van der Waals surface area contributed by atoms with E-state index in [1.165, 1.54) is 0 Å². The van der Waals surface area contributed by atoms with E-state index >= 15 is 0 Å². The molecule has 0 saturated carbocycles. The van der Waals surface area contributed by atoms with Gasteiger partial charge in [-0.25, -0.2) is 0 Å². The highest BCUT2D eigenvalue weighted by Crippen LogP contribution is 2.28. The maximum Gasteiger partial charge on any atom is 0.207 e. The van der Waals surface area contributed by atoms with Crippen LogP contribution in [0.1, 0.15) is 5.56 Å². The lowest BCUT2D eigenvalue weighted by atomic mass is 10.2. The minimum atomic E-state index is 0.148. The van der Waals surface area contributed by atoms with Crippen molar-refractivity contribution in [2.75, 3.05) is 0 Å². The Morgan fingerprint density at radius 2 is 1.25 bits per heavy atom. The van der Waals surface area contributed by atoms with Crippen molar-refractivity contribution in [3.63, 3.8) is 0 Å². The van der Waals surface area contributed by atoms with Gasteiger partial charge < -0.3 is 5.73 Å². The molecule has 4 rings (SSSR count). The Kier molecular flexibility index (Phi) is 3.35. The Hall–Kier alpha value is -3.40.